The second-order valence-electron chi connectivity index (χ2n) is 11.6. The van der Waals surface area contributed by atoms with Crippen LogP contribution in [0.4, 0.5) is 27.8 Å². The van der Waals surface area contributed by atoms with E-state index in [0.29, 0.717) is 37.3 Å². The lowest BCUT2D eigenvalue weighted by Gasteiger charge is -2.34. The number of nitrogens with zero attached hydrogens (tertiary/aromatic N) is 5. The van der Waals surface area contributed by atoms with E-state index >= 15 is 4.39 Å². The van der Waals surface area contributed by atoms with E-state index < -0.39 is 34.8 Å². The number of thioether (sulfide) groups is 1. The van der Waals surface area contributed by atoms with Crippen molar-refractivity contribution in [1.82, 2.24) is 25.2 Å². The van der Waals surface area contributed by atoms with Crippen molar-refractivity contribution in [2.24, 2.45) is 0 Å². The zero-order valence-electron chi connectivity index (χ0n) is 22.5. The number of aromatic hydroxyl groups is 1. The topological polar surface area (TPSA) is 86.6 Å². The molecule has 8 nitrogen and oxygen atoms in total. The van der Waals surface area contributed by atoms with Gasteiger partial charge >= 0.3 is 11.5 Å². The summed E-state index contributed by atoms with van der Waals surface area (Å²) in [6, 6.07) is 3.66. The molecule has 2 aromatic heterocycles. The van der Waals surface area contributed by atoms with E-state index in [4.69, 9.17) is 4.74 Å². The number of aromatic nitrogens is 3. The van der Waals surface area contributed by atoms with Crippen molar-refractivity contribution in [3.8, 4) is 23.0 Å². The summed E-state index contributed by atoms with van der Waals surface area (Å²) in [5.41, 5.74) is -5.84. The number of rotatable bonds is 6. The zero-order valence-corrected chi connectivity index (χ0v) is 23.3. The van der Waals surface area contributed by atoms with E-state index in [9.17, 15) is 22.7 Å². The maximum absolute atomic E-state index is 16.3. The van der Waals surface area contributed by atoms with Gasteiger partial charge in [-0.3, -0.25) is 9.88 Å². The van der Waals surface area contributed by atoms with Crippen LogP contribution in [0.1, 0.15) is 32.1 Å². The molecular weight excluding hydrogens is 579 g/mol. The zero-order chi connectivity index (χ0) is 29.2. The Hall–Kier alpha value is -2.97. The number of nitrogens with one attached hydrogen (secondary N) is 1. The van der Waals surface area contributed by atoms with Gasteiger partial charge in [0.25, 0.3) is 0 Å². The van der Waals surface area contributed by atoms with Crippen molar-refractivity contribution in [3.63, 3.8) is 0 Å². The minimum Gasteiger partial charge on any atom is -0.508 e. The highest BCUT2D eigenvalue weighted by Crippen LogP contribution is 2.44. The van der Waals surface area contributed by atoms with E-state index in [-0.39, 0.29) is 52.1 Å². The fourth-order valence-electron chi connectivity index (χ4n) is 7.05. The molecule has 4 aliphatic heterocycles. The summed E-state index contributed by atoms with van der Waals surface area (Å²) in [6.45, 7) is 2.53. The van der Waals surface area contributed by atoms with Crippen molar-refractivity contribution < 1.29 is 31.8 Å². The molecule has 224 valence electrons. The van der Waals surface area contributed by atoms with Crippen LogP contribution in [-0.2, 0) is 0 Å². The Bertz CT molecular complexity index is 1520. The Morgan fingerprint density at radius 1 is 1.14 bits per heavy atom. The highest BCUT2D eigenvalue weighted by molar-refractivity contribution is 8.00. The van der Waals surface area contributed by atoms with Gasteiger partial charge in [-0.15, -0.1) is 0 Å². The van der Waals surface area contributed by atoms with Crippen LogP contribution in [0.25, 0.3) is 22.2 Å². The van der Waals surface area contributed by atoms with E-state index in [1.54, 1.807) is 0 Å². The van der Waals surface area contributed by atoms with E-state index in [0.717, 1.165) is 50.4 Å². The second-order valence-corrected chi connectivity index (χ2v) is 12.8. The Labute approximate surface area is 242 Å². The van der Waals surface area contributed by atoms with Gasteiger partial charge in [0.2, 0.25) is 0 Å². The molecule has 42 heavy (non-hydrogen) atoms. The summed E-state index contributed by atoms with van der Waals surface area (Å²) in [5, 5.41) is 13.9. The summed E-state index contributed by atoms with van der Waals surface area (Å²) in [7, 11) is 0. The highest BCUT2D eigenvalue weighted by atomic mass is 32.2. The smallest absolute Gasteiger partial charge is 0.446 e. The fourth-order valence-corrected chi connectivity index (χ4v) is 7.70. The van der Waals surface area contributed by atoms with E-state index in [2.05, 4.69) is 25.2 Å². The standard InChI is InChI=1S/C28H29F5N6O2S/c29-15-9-27(6-1-7-39(27)11-15)14-41-26-36-24-20(25(37-26)38-12-16-2-3-17(13-38)35-16)10-34-23(22(24)30)19-8-18(40)4-5-21(19)42-28(31,32)33/h4-5,8,10,15-17,35,40H,1-3,6-7,9,11-14H2/t15?,16-,17+,27?. The van der Waals surface area contributed by atoms with Crippen molar-refractivity contribution in [2.75, 3.05) is 37.7 Å². The van der Waals surface area contributed by atoms with Gasteiger partial charge in [0.1, 0.15) is 35.6 Å². The van der Waals surface area contributed by atoms with Crippen molar-refractivity contribution in [2.45, 2.75) is 66.3 Å². The molecule has 4 atom stereocenters. The van der Waals surface area contributed by atoms with Gasteiger partial charge < -0.3 is 20.1 Å². The number of piperazine rings is 1. The molecule has 3 aromatic rings. The Morgan fingerprint density at radius 3 is 2.69 bits per heavy atom. The molecule has 1 aromatic carbocycles. The molecule has 0 radical (unpaired) electrons. The third-order valence-corrected chi connectivity index (χ3v) is 9.64. The van der Waals surface area contributed by atoms with Gasteiger partial charge in [-0.1, -0.05) is 0 Å². The Kier molecular flexibility index (Phi) is 6.85. The number of anilines is 1. The van der Waals surface area contributed by atoms with Crippen LogP contribution < -0.4 is 15.0 Å². The molecule has 14 heteroatoms. The number of hydrogen-bond donors (Lipinski definition) is 2. The number of phenols is 1. The molecule has 4 saturated heterocycles. The van der Waals surface area contributed by atoms with Crippen molar-refractivity contribution in [1.29, 1.82) is 0 Å². The monoisotopic (exact) mass is 608 g/mol. The largest absolute Gasteiger partial charge is 0.508 e. The van der Waals surface area contributed by atoms with Crippen molar-refractivity contribution >= 4 is 28.5 Å². The number of pyridine rings is 1. The van der Waals surface area contributed by atoms with Crippen LogP contribution >= 0.6 is 11.8 Å². The first-order valence-corrected chi connectivity index (χ1v) is 14.9. The predicted octanol–water partition coefficient (Wildman–Crippen LogP) is 5.04. The number of halogens is 5. The summed E-state index contributed by atoms with van der Waals surface area (Å²) in [6.07, 6.45) is 4.47. The maximum Gasteiger partial charge on any atom is 0.446 e. The molecule has 0 saturated carbocycles. The highest BCUT2D eigenvalue weighted by Gasteiger charge is 2.49. The molecule has 7 rings (SSSR count). The molecule has 2 unspecified atom stereocenters. The number of benzene rings is 1. The Balaban J connectivity index is 1.32. The fraction of sp³-hybridized carbons (Fsp3) is 0.536. The normalized spacial score (nSPS) is 27.6. The summed E-state index contributed by atoms with van der Waals surface area (Å²) in [5.74, 6) is -0.841. The quantitative estimate of drug-likeness (QED) is 0.295. The van der Waals surface area contributed by atoms with Crippen LogP contribution in [0, 0.1) is 5.82 Å². The third kappa shape index (κ3) is 5.11. The van der Waals surface area contributed by atoms with Gasteiger partial charge in [-0.25, -0.2) is 8.78 Å². The molecule has 2 bridgehead atoms. The van der Waals surface area contributed by atoms with Crippen LogP contribution in [0.3, 0.4) is 0 Å². The van der Waals surface area contributed by atoms with Crippen LogP contribution in [0.5, 0.6) is 11.8 Å². The number of ether oxygens (including phenoxy) is 1. The molecular formula is C28H29F5N6O2S. The first-order valence-electron chi connectivity index (χ1n) is 14.1. The van der Waals surface area contributed by atoms with Gasteiger partial charge in [0.15, 0.2) is 5.82 Å². The molecule has 0 amide bonds. The lowest BCUT2D eigenvalue weighted by molar-refractivity contribution is -0.0328. The van der Waals surface area contributed by atoms with Crippen molar-refractivity contribution in [3.05, 3.63) is 30.2 Å². The second kappa shape index (κ2) is 10.3. The predicted molar refractivity (Wildman–Crippen MR) is 147 cm³/mol. The number of alkyl halides is 4. The minimum atomic E-state index is -4.64. The molecule has 4 fully saturated rings. The molecule has 4 aliphatic rings. The minimum absolute atomic E-state index is 0.0799. The molecule has 0 aliphatic carbocycles. The van der Waals surface area contributed by atoms with Crippen LogP contribution in [0.15, 0.2) is 29.3 Å². The van der Waals surface area contributed by atoms with Gasteiger partial charge in [-0.05, 0) is 62.2 Å². The Morgan fingerprint density at radius 2 is 1.93 bits per heavy atom. The van der Waals surface area contributed by atoms with E-state index in [1.807, 2.05) is 4.90 Å². The first kappa shape index (κ1) is 27.8. The third-order valence-electron chi connectivity index (χ3n) is 8.83. The van der Waals surface area contributed by atoms with Crippen LogP contribution in [0.2, 0.25) is 0 Å². The van der Waals surface area contributed by atoms with Gasteiger partial charge in [-0.2, -0.15) is 23.1 Å². The summed E-state index contributed by atoms with van der Waals surface area (Å²) < 4.78 is 76.7. The molecule has 0 spiro atoms. The summed E-state index contributed by atoms with van der Waals surface area (Å²) in [4.78, 5) is 17.1. The lowest BCUT2D eigenvalue weighted by Crippen LogP contribution is -2.51. The maximum atomic E-state index is 16.3. The number of hydrogen-bond acceptors (Lipinski definition) is 9. The number of fused-ring (bicyclic) bond motifs is 4. The van der Waals surface area contributed by atoms with Gasteiger partial charge in [0.05, 0.1) is 10.9 Å². The average molecular weight is 609 g/mol. The van der Waals surface area contributed by atoms with E-state index in [1.165, 1.54) is 6.20 Å². The summed E-state index contributed by atoms with van der Waals surface area (Å²) >= 11 is -0.414. The average Bonchev–Trinajstić information content (AvgIpc) is 3.58. The first-order chi connectivity index (χ1) is 20.1. The van der Waals surface area contributed by atoms with Gasteiger partial charge in [0, 0.05) is 54.8 Å². The lowest BCUT2D eigenvalue weighted by atomic mass is 9.95. The molecule has 6 heterocycles. The SMILES string of the molecule is Oc1ccc(SC(F)(F)F)c(-c2ncc3c(N4C[C@H]5CC[C@@H](C4)N5)nc(OCC45CCCN4CC(F)C5)nc3c2F)c1. The molecule has 2 N–H and O–H groups in total. The van der Waals surface area contributed by atoms with Crippen LogP contribution in [-0.4, -0.2) is 87.0 Å². The number of phenolic OH excluding ortho intramolecular Hbond substituents is 1.